The maximum atomic E-state index is 12.7. The topological polar surface area (TPSA) is 46.4 Å². The average molecular weight is 423 g/mol. The van der Waals surface area contributed by atoms with E-state index < -0.39 is 23.4 Å². The number of benzene rings is 1. The summed E-state index contributed by atoms with van der Waals surface area (Å²) in [5.41, 5.74) is 0.341. The molecule has 1 unspecified atom stereocenters. The van der Waals surface area contributed by atoms with Crippen LogP contribution in [0.2, 0.25) is 0 Å². The van der Waals surface area contributed by atoms with Crippen LogP contribution >= 0.6 is 15.9 Å². The zero-order valence-corrected chi connectivity index (χ0v) is 15.6. The first-order valence-corrected chi connectivity index (χ1v) is 9.24. The Balaban J connectivity index is 2.33. The molecule has 4 nitrogen and oxygen atoms in total. The highest BCUT2D eigenvalue weighted by Gasteiger charge is 2.33. The van der Waals surface area contributed by atoms with E-state index in [0.29, 0.717) is 10.2 Å². The average Bonchev–Trinajstić information content (AvgIpc) is 2.52. The number of halogens is 4. The van der Waals surface area contributed by atoms with Crippen molar-refractivity contribution in [3.63, 3.8) is 0 Å². The van der Waals surface area contributed by atoms with Gasteiger partial charge in [-0.25, -0.2) is 0 Å². The second-order valence-electron chi connectivity index (χ2n) is 6.76. The molecule has 2 rings (SSSR count). The van der Waals surface area contributed by atoms with E-state index >= 15 is 0 Å². The van der Waals surface area contributed by atoms with Crippen molar-refractivity contribution in [2.75, 3.05) is 11.4 Å². The van der Waals surface area contributed by atoms with Gasteiger partial charge in [0, 0.05) is 29.5 Å². The van der Waals surface area contributed by atoms with Gasteiger partial charge < -0.3 is 4.90 Å². The van der Waals surface area contributed by atoms with Gasteiger partial charge in [0.25, 0.3) is 5.69 Å². The maximum Gasteiger partial charge on any atom is 0.389 e. The van der Waals surface area contributed by atoms with E-state index in [1.807, 2.05) is 4.90 Å². The highest BCUT2D eigenvalue weighted by molar-refractivity contribution is 9.10. The van der Waals surface area contributed by atoms with E-state index in [-0.39, 0.29) is 18.3 Å². The first-order valence-electron chi connectivity index (χ1n) is 8.44. The molecule has 1 aromatic carbocycles. The van der Waals surface area contributed by atoms with Crippen LogP contribution in [0.3, 0.4) is 0 Å². The highest BCUT2D eigenvalue weighted by Crippen LogP contribution is 2.37. The lowest BCUT2D eigenvalue weighted by Gasteiger charge is -2.37. The zero-order chi connectivity index (χ0) is 18.6. The monoisotopic (exact) mass is 422 g/mol. The van der Waals surface area contributed by atoms with Crippen LogP contribution in [-0.4, -0.2) is 23.7 Å². The number of hydrogen-bond donors (Lipinski definition) is 0. The summed E-state index contributed by atoms with van der Waals surface area (Å²) < 4.78 is 38.8. The first kappa shape index (κ1) is 20.0. The van der Waals surface area contributed by atoms with Crippen LogP contribution in [0.5, 0.6) is 0 Å². The summed E-state index contributed by atoms with van der Waals surface area (Å²) >= 11 is 3.23. The molecule has 1 atom stereocenters. The van der Waals surface area contributed by atoms with Crippen LogP contribution in [0, 0.1) is 16.0 Å². The molecule has 0 bridgehead atoms. The van der Waals surface area contributed by atoms with Gasteiger partial charge in [0.2, 0.25) is 0 Å². The molecule has 0 aromatic heterocycles. The van der Waals surface area contributed by atoms with Crippen molar-refractivity contribution >= 4 is 27.3 Å². The predicted molar refractivity (Wildman–Crippen MR) is 94.9 cm³/mol. The van der Waals surface area contributed by atoms with Crippen molar-refractivity contribution in [1.82, 2.24) is 0 Å². The summed E-state index contributed by atoms with van der Waals surface area (Å²) in [7, 11) is 0. The summed E-state index contributed by atoms with van der Waals surface area (Å²) in [6, 6.07) is 4.80. The molecule has 140 valence electrons. The van der Waals surface area contributed by atoms with Crippen molar-refractivity contribution < 1.29 is 18.1 Å². The standard InChI is InChI=1S/C17H22BrF3N2O2/c1-12(10-17(19,20)21)11-22(14-5-3-2-4-6-14)15-8-7-13(18)9-16(15)23(24)25/h7-9,12,14H,2-6,10-11H2,1H3. The van der Waals surface area contributed by atoms with Gasteiger partial charge in [0.1, 0.15) is 5.69 Å². The van der Waals surface area contributed by atoms with Crippen molar-refractivity contribution in [2.24, 2.45) is 5.92 Å². The number of nitro benzene ring substituents is 1. The van der Waals surface area contributed by atoms with Crippen molar-refractivity contribution in [2.45, 2.75) is 57.7 Å². The SMILES string of the molecule is CC(CN(c1ccc(Br)cc1[N+](=O)[O-])C1CCCCC1)CC(F)(F)F. The van der Waals surface area contributed by atoms with Gasteiger partial charge in [0.05, 0.1) is 4.92 Å². The van der Waals surface area contributed by atoms with Crippen LogP contribution in [0.1, 0.15) is 45.4 Å². The molecule has 0 N–H and O–H groups in total. The number of nitrogens with zero attached hydrogens (tertiary/aromatic N) is 2. The molecule has 1 fully saturated rings. The zero-order valence-electron chi connectivity index (χ0n) is 14.1. The van der Waals surface area contributed by atoms with Crippen molar-refractivity contribution in [3.8, 4) is 0 Å². The lowest BCUT2D eigenvalue weighted by atomic mass is 9.92. The molecular weight excluding hydrogens is 401 g/mol. The molecule has 1 aliphatic carbocycles. The molecule has 0 amide bonds. The van der Waals surface area contributed by atoms with Crippen LogP contribution in [0.15, 0.2) is 22.7 Å². The number of hydrogen-bond acceptors (Lipinski definition) is 3. The Morgan fingerprint density at radius 3 is 2.52 bits per heavy atom. The van der Waals surface area contributed by atoms with Gasteiger partial charge >= 0.3 is 6.18 Å². The second-order valence-corrected chi connectivity index (χ2v) is 7.67. The third kappa shape index (κ3) is 5.87. The lowest BCUT2D eigenvalue weighted by molar-refractivity contribution is -0.384. The summed E-state index contributed by atoms with van der Waals surface area (Å²) in [6.45, 7) is 1.71. The molecule has 0 spiro atoms. The largest absolute Gasteiger partial charge is 0.389 e. The highest BCUT2D eigenvalue weighted by atomic mass is 79.9. The fourth-order valence-electron chi connectivity index (χ4n) is 3.52. The maximum absolute atomic E-state index is 12.7. The van der Waals surface area contributed by atoms with E-state index in [1.165, 1.54) is 6.07 Å². The Morgan fingerprint density at radius 2 is 1.96 bits per heavy atom. The predicted octanol–water partition coefficient (Wildman–Crippen LogP) is 6.08. The number of alkyl halides is 3. The minimum Gasteiger partial charge on any atom is -0.363 e. The van der Waals surface area contributed by atoms with Gasteiger partial charge in [0.15, 0.2) is 0 Å². The molecule has 1 aliphatic rings. The third-order valence-corrected chi connectivity index (χ3v) is 5.04. The summed E-state index contributed by atoms with van der Waals surface area (Å²) in [5, 5.41) is 11.5. The molecule has 0 saturated heterocycles. The summed E-state index contributed by atoms with van der Waals surface area (Å²) in [5.74, 6) is -0.634. The number of rotatable bonds is 6. The van der Waals surface area contributed by atoms with Crippen molar-refractivity contribution in [1.29, 1.82) is 0 Å². The third-order valence-electron chi connectivity index (χ3n) is 4.55. The lowest BCUT2D eigenvalue weighted by Crippen LogP contribution is -2.40. The normalized spacial score (nSPS) is 17.3. The fraction of sp³-hybridized carbons (Fsp3) is 0.647. The molecule has 8 heteroatoms. The molecule has 0 radical (unpaired) electrons. The fourth-order valence-corrected chi connectivity index (χ4v) is 3.87. The number of nitro groups is 1. The van der Waals surface area contributed by atoms with E-state index in [9.17, 15) is 23.3 Å². The van der Waals surface area contributed by atoms with Crippen LogP contribution in [0.4, 0.5) is 24.5 Å². The van der Waals surface area contributed by atoms with Gasteiger partial charge in [-0.05, 0) is 30.9 Å². The van der Waals surface area contributed by atoms with E-state index in [1.54, 1.807) is 19.1 Å². The summed E-state index contributed by atoms with van der Waals surface area (Å²) in [6.07, 6.45) is -0.315. The Labute approximate surface area is 153 Å². The van der Waals surface area contributed by atoms with Crippen LogP contribution in [0.25, 0.3) is 0 Å². The van der Waals surface area contributed by atoms with E-state index in [0.717, 1.165) is 32.1 Å². The van der Waals surface area contributed by atoms with Crippen LogP contribution < -0.4 is 4.90 Å². The van der Waals surface area contributed by atoms with Gasteiger partial charge in [-0.15, -0.1) is 0 Å². The minimum atomic E-state index is -4.23. The molecular formula is C17H22BrF3N2O2. The smallest absolute Gasteiger partial charge is 0.363 e. The van der Waals surface area contributed by atoms with Crippen LogP contribution in [-0.2, 0) is 0 Å². The van der Waals surface area contributed by atoms with E-state index in [4.69, 9.17) is 0 Å². The Morgan fingerprint density at radius 1 is 1.32 bits per heavy atom. The van der Waals surface area contributed by atoms with Crippen molar-refractivity contribution in [3.05, 3.63) is 32.8 Å². The first-order chi connectivity index (χ1) is 11.7. The quantitative estimate of drug-likeness (QED) is 0.411. The minimum absolute atomic E-state index is 0.0457. The van der Waals surface area contributed by atoms with Gasteiger partial charge in [-0.3, -0.25) is 10.1 Å². The van der Waals surface area contributed by atoms with Gasteiger partial charge in [-0.1, -0.05) is 42.1 Å². The molecule has 1 saturated carbocycles. The van der Waals surface area contributed by atoms with E-state index in [2.05, 4.69) is 15.9 Å². The Hall–Kier alpha value is -1.31. The second kappa shape index (κ2) is 8.38. The molecule has 0 heterocycles. The Bertz CT molecular complexity index is 604. The Kier molecular flexibility index (Phi) is 6.71. The number of anilines is 1. The molecule has 25 heavy (non-hydrogen) atoms. The molecule has 0 aliphatic heterocycles. The molecule has 1 aromatic rings. The summed E-state index contributed by atoms with van der Waals surface area (Å²) in [4.78, 5) is 12.8. The van der Waals surface area contributed by atoms with Gasteiger partial charge in [-0.2, -0.15) is 13.2 Å².